The SMILES string of the molecule is CC(N)c1nnc(C2OCCC2C)s1. The number of nitrogens with two attached hydrogens (primary N) is 1. The summed E-state index contributed by atoms with van der Waals surface area (Å²) in [4.78, 5) is 0. The first-order valence-electron chi connectivity index (χ1n) is 4.89. The molecule has 14 heavy (non-hydrogen) atoms. The van der Waals surface area contributed by atoms with Crippen molar-refractivity contribution in [2.24, 2.45) is 11.7 Å². The van der Waals surface area contributed by atoms with Crippen molar-refractivity contribution in [2.45, 2.75) is 32.4 Å². The summed E-state index contributed by atoms with van der Waals surface area (Å²) in [5, 5.41) is 10.1. The summed E-state index contributed by atoms with van der Waals surface area (Å²) in [5.41, 5.74) is 5.73. The Morgan fingerprint density at radius 1 is 1.57 bits per heavy atom. The Bertz CT molecular complexity index is 313. The smallest absolute Gasteiger partial charge is 0.146 e. The van der Waals surface area contributed by atoms with Crippen LogP contribution >= 0.6 is 11.3 Å². The molecule has 0 amide bonds. The molecule has 0 saturated carbocycles. The molecule has 0 aromatic carbocycles. The van der Waals surface area contributed by atoms with Crippen molar-refractivity contribution in [3.63, 3.8) is 0 Å². The van der Waals surface area contributed by atoms with E-state index in [2.05, 4.69) is 17.1 Å². The quantitative estimate of drug-likeness (QED) is 0.811. The second kappa shape index (κ2) is 3.92. The van der Waals surface area contributed by atoms with Gasteiger partial charge >= 0.3 is 0 Å². The first-order valence-corrected chi connectivity index (χ1v) is 5.70. The molecular formula is C9H15N3OS. The second-order valence-electron chi connectivity index (χ2n) is 3.82. The molecule has 1 aliphatic heterocycles. The highest BCUT2D eigenvalue weighted by Gasteiger charge is 2.29. The second-order valence-corrected chi connectivity index (χ2v) is 4.87. The minimum absolute atomic E-state index is 0.0297. The van der Waals surface area contributed by atoms with Crippen LogP contribution in [0.15, 0.2) is 0 Å². The van der Waals surface area contributed by atoms with E-state index >= 15 is 0 Å². The maximum absolute atomic E-state index is 5.73. The molecule has 5 heteroatoms. The van der Waals surface area contributed by atoms with Crippen LogP contribution < -0.4 is 5.73 Å². The van der Waals surface area contributed by atoms with Crippen LogP contribution in [0.1, 0.15) is 42.4 Å². The lowest BCUT2D eigenvalue weighted by Gasteiger charge is -2.09. The highest BCUT2D eigenvalue weighted by molar-refractivity contribution is 7.11. The Labute approximate surface area is 87.5 Å². The lowest BCUT2D eigenvalue weighted by Crippen LogP contribution is -2.03. The Kier molecular flexibility index (Phi) is 2.80. The van der Waals surface area contributed by atoms with Gasteiger partial charge in [-0.15, -0.1) is 10.2 Å². The van der Waals surface area contributed by atoms with Crippen LogP contribution in [0, 0.1) is 5.92 Å². The molecule has 0 bridgehead atoms. The fraction of sp³-hybridized carbons (Fsp3) is 0.778. The number of hydrogen-bond donors (Lipinski definition) is 1. The topological polar surface area (TPSA) is 61.0 Å². The average molecular weight is 213 g/mol. The summed E-state index contributed by atoms with van der Waals surface area (Å²) in [7, 11) is 0. The molecule has 1 aromatic rings. The zero-order chi connectivity index (χ0) is 10.1. The normalized spacial score (nSPS) is 29.4. The summed E-state index contributed by atoms with van der Waals surface area (Å²) in [5.74, 6) is 0.545. The summed E-state index contributed by atoms with van der Waals surface area (Å²) in [6, 6.07) is -0.0297. The van der Waals surface area contributed by atoms with Gasteiger partial charge in [-0.25, -0.2) is 0 Å². The fourth-order valence-corrected chi connectivity index (χ4v) is 2.54. The summed E-state index contributed by atoms with van der Waals surface area (Å²) < 4.78 is 5.61. The zero-order valence-corrected chi connectivity index (χ0v) is 9.25. The van der Waals surface area contributed by atoms with Crippen LogP contribution in [-0.2, 0) is 4.74 Å². The van der Waals surface area contributed by atoms with Crippen molar-refractivity contribution >= 4 is 11.3 Å². The highest BCUT2D eigenvalue weighted by atomic mass is 32.1. The number of ether oxygens (including phenoxy) is 1. The predicted octanol–water partition coefficient (Wildman–Crippen LogP) is 1.66. The van der Waals surface area contributed by atoms with Gasteiger partial charge in [-0.05, 0) is 19.3 Å². The number of nitrogens with zero attached hydrogens (tertiary/aromatic N) is 2. The van der Waals surface area contributed by atoms with Gasteiger partial charge in [-0.2, -0.15) is 0 Å². The molecular weight excluding hydrogens is 198 g/mol. The minimum Gasteiger partial charge on any atom is -0.371 e. The van der Waals surface area contributed by atoms with E-state index in [0.717, 1.165) is 23.0 Å². The van der Waals surface area contributed by atoms with Crippen LogP contribution in [0.3, 0.4) is 0 Å². The van der Waals surface area contributed by atoms with Crippen molar-refractivity contribution in [3.05, 3.63) is 10.0 Å². The van der Waals surface area contributed by atoms with E-state index in [1.807, 2.05) is 6.92 Å². The molecule has 2 heterocycles. The van der Waals surface area contributed by atoms with Crippen LogP contribution in [-0.4, -0.2) is 16.8 Å². The molecule has 78 valence electrons. The minimum atomic E-state index is -0.0297. The molecule has 3 unspecified atom stereocenters. The van der Waals surface area contributed by atoms with Crippen LogP contribution in [0.4, 0.5) is 0 Å². The zero-order valence-electron chi connectivity index (χ0n) is 8.43. The standard InChI is InChI=1S/C9H15N3OS/c1-5-3-4-13-7(5)9-12-11-8(14-9)6(2)10/h5-7H,3-4,10H2,1-2H3. The lowest BCUT2D eigenvalue weighted by atomic mass is 10.1. The summed E-state index contributed by atoms with van der Waals surface area (Å²) >= 11 is 1.57. The number of hydrogen-bond acceptors (Lipinski definition) is 5. The van der Waals surface area contributed by atoms with E-state index in [1.165, 1.54) is 0 Å². The molecule has 1 saturated heterocycles. The van der Waals surface area contributed by atoms with Crippen molar-refractivity contribution in [3.8, 4) is 0 Å². The van der Waals surface area contributed by atoms with Gasteiger partial charge in [0.1, 0.15) is 16.1 Å². The first-order chi connectivity index (χ1) is 6.68. The Morgan fingerprint density at radius 3 is 2.86 bits per heavy atom. The van der Waals surface area contributed by atoms with E-state index in [-0.39, 0.29) is 12.1 Å². The van der Waals surface area contributed by atoms with E-state index in [0.29, 0.717) is 5.92 Å². The Hall–Kier alpha value is -0.520. The van der Waals surface area contributed by atoms with Gasteiger partial charge in [0, 0.05) is 6.61 Å². The van der Waals surface area contributed by atoms with E-state index in [1.54, 1.807) is 11.3 Å². The number of rotatable bonds is 2. The van der Waals surface area contributed by atoms with E-state index in [4.69, 9.17) is 10.5 Å². The van der Waals surface area contributed by atoms with Gasteiger partial charge in [0.25, 0.3) is 0 Å². The van der Waals surface area contributed by atoms with Crippen molar-refractivity contribution in [2.75, 3.05) is 6.61 Å². The number of aromatic nitrogens is 2. The Morgan fingerprint density at radius 2 is 2.36 bits per heavy atom. The molecule has 0 radical (unpaired) electrons. The third-order valence-electron chi connectivity index (χ3n) is 2.48. The fourth-order valence-electron chi connectivity index (χ4n) is 1.56. The van der Waals surface area contributed by atoms with Gasteiger partial charge in [0.2, 0.25) is 0 Å². The van der Waals surface area contributed by atoms with Gasteiger partial charge in [0.05, 0.1) is 6.04 Å². The first kappa shape index (κ1) is 10.0. The monoisotopic (exact) mass is 213 g/mol. The lowest BCUT2D eigenvalue weighted by molar-refractivity contribution is 0.0937. The maximum Gasteiger partial charge on any atom is 0.146 e. The van der Waals surface area contributed by atoms with Crippen molar-refractivity contribution in [1.29, 1.82) is 0 Å². The Balaban J connectivity index is 2.16. The molecule has 1 aromatic heterocycles. The highest BCUT2D eigenvalue weighted by Crippen LogP contribution is 2.35. The molecule has 0 spiro atoms. The van der Waals surface area contributed by atoms with Gasteiger partial charge < -0.3 is 10.5 Å². The molecule has 2 rings (SSSR count). The summed E-state index contributed by atoms with van der Waals surface area (Å²) in [6.45, 7) is 4.94. The third kappa shape index (κ3) is 1.80. The summed E-state index contributed by atoms with van der Waals surface area (Å²) in [6.07, 6.45) is 1.25. The predicted molar refractivity (Wildman–Crippen MR) is 55.0 cm³/mol. The van der Waals surface area contributed by atoms with E-state index < -0.39 is 0 Å². The van der Waals surface area contributed by atoms with Gasteiger partial charge in [-0.1, -0.05) is 18.3 Å². The molecule has 4 nitrogen and oxygen atoms in total. The average Bonchev–Trinajstić information content (AvgIpc) is 2.71. The molecule has 1 fully saturated rings. The molecule has 3 atom stereocenters. The van der Waals surface area contributed by atoms with Crippen molar-refractivity contribution in [1.82, 2.24) is 10.2 Å². The molecule has 0 aliphatic carbocycles. The van der Waals surface area contributed by atoms with Crippen LogP contribution in [0.25, 0.3) is 0 Å². The van der Waals surface area contributed by atoms with Crippen LogP contribution in [0.5, 0.6) is 0 Å². The largest absolute Gasteiger partial charge is 0.371 e. The maximum atomic E-state index is 5.73. The van der Waals surface area contributed by atoms with Gasteiger partial charge in [0.15, 0.2) is 0 Å². The molecule has 2 N–H and O–H groups in total. The van der Waals surface area contributed by atoms with E-state index in [9.17, 15) is 0 Å². The molecule has 1 aliphatic rings. The van der Waals surface area contributed by atoms with Gasteiger partial charge in [-0.3, -0.25) is 0 Å². The van der Waals surface area contributed by atoms with Crippen molar-refractivity contribution < 1.29 is 4.74 Å². The third-order valence-corrected chi connectivity index (χ3v) is 3.66. The van der Waals surface area contributed by atoms with Crippen LogP contribution in [0.2, 0.25) is 0 Å².